The Morgan fingerprint density at radius 3 is 2.58 bits per heavy atom. The summed E-state index contributed by atoms with van der Waals surface area (Å²) in [5.74, 6) is 6.53. The number of nitrogens with zero attached hydrogens (tertiary/aromatic N) is 2. The first-order valence-electron chi connectivity index (χ1n) is 14.4. The van der Waals surface area contributed by atoms with Gasteiger partial charge in [-0.2, -0.15) is 18.2 Å². The molecule has 0 spiro atoms. The fourth-order valence-corrected chi connectivity index (χ4v) is 5.23. The molecule has 1 aromatic heterocycles. The van der Waals surface area contributed by atoms with Crippen molar-refractivity contribution in [1.29, 1.82) is 0 Å². The first-order valence-corrected chi connectivity index (χ1v) is 14.4. The minimum absolute atomic E-state index is 0.0887. The number of ether oxygens (including phenoxy) is 1. The van der Waals surface area contributed by atoms with Crippen LogP contribution < -0.4 is 5.69 Å². The maximum absolute atomic E-state index is 14.3. The van der Waals surface area contributed by atoms with E-state index in [0.29, 0.717) is 18.4 Å². The zero-order chi connectivity index (χ0) is 30.4. The Morgan fingerprint density at radius 2 is 1.86 bits per heavy atom. The zero-order valence-corrected chi connectivity index (χ0v) is 24.1. The van der Waals surface area contributed by atoms with Crippen molar-refractivity contribution in [3.05, 3.63) is 129 Å². The summed E-state index contributed by atoms with van der Waals surface area (Å²) in [6.45, 7) is 4.24. The minimum atomic E-state index is -4.67. The smallest absolute Gasteiger partial charge is 0.416 e. The van der Waals surface area contributed by atoms with Crippen LogP contribution in [-0.2, 0) is 4.74 Å². The molecule has 1 aromatic carbocycles. The summed E-state index contributed by atoms with van der Waals surface area (Å²) < 4.78 is 48.9. The van der Waals surface area contributed by atoms with Crippen LogP contribution in [0.3, 0.4) is 0 Å². The molecule has 0 saturated carbocycles. The molecule has 0 saturated heterocycles. The summed E-state index contributed by atoms with van der Waals surface area (Å²) in [5, 5.41) is 0. The zero-order valence-electron chi connectivity index (χ0n) is 24.1. The maximum atomic E-state index is 14.3. The average molecular weight is 584 g/mol. The fraction of sp³-hybridized carbons (Fsp3) is 0.286. The molecule has 8 heteroatoms. The van der Waals surface area contributed by atoms with E-state index < -0.39 is 17.4 Å². The topological polar surface area (TPSA) is 67.9 Å². The second kappa shape index (κ2) is 13.1. The van der Waals surface area contributed by atoms with Crippen molar-refractivity contribution < 1.29 is 17.9 Å². The molecule has 0 amide bonds. The van der Waals surface area contributed by atoms with Gasteiger partial charge in [-0.15, -0.1) is 0 Å². The van der Waals surface area contributed by atoms with Crippen LogP contribution in [0.4, 0.5) is 13.2 Å². The van der Waals surface area contributed by atoms with E-state index in [1.54, 1.807) is 6.08 Å². The molecule has 1 unspecified atom stereocenters. The van der Waals surface area contributed by atoms with Gasteiger partial charge < -0.3 is 4.74 Å². The van der Waals surface area contributed by atoms with Gasteiger partial charge >= 0.3 is 11.9 Å². The SMILES string of the molecule is CCC1C=C(COC2=C(c3nc(C4=CC=C(C#Cc5ccccc5)CC4)nc(=O)[nH]3)C(C(F)(F)F)=CCC2)C=CC=C1C. The number of alkyl halides is 3. The molecule has 5 nitrogen and oxygen atoms in total. The van der Waals surface area contributed by atoms with Crippen molar-refractivity contribution in [3.63, 3.8) is 0 Å². The normalized spacial score (nSPS) is 18.8. The Kier molecular flexibility index (Phi) is 9.10. The second-order valence-electron chi connectivity index (χ2n) is 10.6. The lowest BCUT2D eigenvalue weighted by molar-refractivity contribution is -0.0879. The highest BCUT2D eigenvalue weighted by molar-refractivity contribution is 5.80. The number of nitrogens with one attached hydrogen (secondary N) is 1. The number of rotatable bonds is 6. The largest absolute Gasteiger partial charge is 0.492 e. The van der Waals surface area contributed by atoms with E-state index >= 15 is 0 Å². The molecule has 2 aromatic rings. The Bertz CT molecular complexity index is 1720. The van der Waals surface area contributed by atoms with Gasteiger partial charge in [-0.05, 0) is 61.8 Å². The van der Waals surface area contributed by atoms with Gasteiger partial charge in [-0.1, -0.05) is 85.1 Å². The van der Waals surface area contributed by atoms with E-state index in [2.05, 4.69) is 46.7 Å². The first-order chi connectivity index (χ1) is 20.7. The van der Waals surface area contributed by atoms with Crippen molar-refractivity contribution in [2.75, 3.05) is 6.61 Å². The van der Waals surface area contributed by atoms with E-state index in [-0.39, 0.29) is 48.3 Å². The molecule has 0 bridgehead atoms. The Hall–Kier alpha value is -4.64. The molecule has 3 aliphatic carbocycles. The van der Waals surface area contributed by atoms with Crippen molar-refractivity contribution in [3.8, 4) is 11.8 Å². The molecule has 5 rings (SSSR count). The lowest BCUT2D eigenvalue weighted by atomic mass is 9.94. The summed E-state index contributed by atoms with van der Waals surface area (Å²) in [6.07, 6.45) is 10.4. The highest BCUT2D eigenvalue weighted by Crippen LogP contribution is 2.42. The number of aromatic amines is 1. The van der Waals surface area contributed by atoms with Crippen LogP contribution in [0.15, 0.2) is 106 Å². The van der Waals surface area contributed by atoms with Crippen LogP contribution in [0.25, 0.3) is 11.1 Å². The van der Waals surface area contributed by atoms with Crippen LogP contribution in [0.1, 0.15) is 63.2 Å². The fourth-order valence-electron chi connectivity index (χ4n) is 5.23. The summed E-state index contributed by atoms with van der Waals surface area (Å²) >= 11 is 0. The van der Waals surface area contributed by atoms with Gasteiger partial charge in [-0.3, -0.25) is 4.98 Å². The van der Waals surface area contributed by atoms with Gasteiger partial charge in [0.2, 0.25) is 0 Å². The highest BCUT2D eigenvalue weighted by atomic mass is 19.4. The molecule has 0 aliphatic heterocycles. The molecular weight excluding hydrogens is 551 g/mol. The van der Waals surface area contributed by atoms with Gasteiger partial charge in [0.05, 0.1) is 11.1 Å². The summed E-state index contributed by atoms with van der Waals surface area (Å²) in [5.41, 5.74) is 2.63. The molecule has 0 radical (unpaired) electrons. The predicted molar refractivity (Wildman–Crippen MR) is 162 cm³/mol. The predicted octanol–water partition coefficient (Wildman–Crippen LogP) is 7.80. The molecule has 1 heterocycles. The molecular formula is C35H32F3N3O2. The Morgan fingerprint density at radius 1 is 1.05 bits per heavy atom. The van der Waals surface area contributed by atoms with Crippen LogP contribution in [0, 0.1) is 17.8 Å². The molecule has 1 N–H and O–H groups in total. The molecule has 43 heavy (non-hydrogen) atoms. The van der Waals surface area contributed by atoms with E-state index in [0.717, 1.165) is 29.2 Å². The van der Waals surface area contributed by atoms with Crippen molar-refractivity contribution in [2.24, 2.45) is 5.92 Å². The van der Waals surface area contributed by atoms with Crippen LogP contribution in [-0.4, -0.2) is 27.7 Å². The molecule has 1 atom stereocenters. The highest BCUT2D eigenvalue weighted by Gasteiger charge is 2.40. The number of benzene rings is 1. The molecule has 220 valence electrons. The molecule has 0 fully saturated rings. The van der Waals surface area contributed by atoms with Crippen molar-refractivity contribution in [1.82, 2.24) is 15.0 Å². The van der Waals surface area contributed by atoms with Crippen molar-refractivity contribution >= 4 is 11.1 Å². The van der Waals surface area contributed by atoms with Crippen LogP contribution in [0.2, 0.25) is 0 Å². The number of hydrogen-bond acceptors (Lipinski definition) is 4. The quantitative estimate of drug-likeness (QED) is 0.353. The van der Waals surface area contributed by atoms with Gasteiger partial charge in [0.1, 0.15) is 18.2 Å². The van der Waals surface area contributed by atoms with Crippen molar-refractivity contribution in [2.45, 2.75) is 52.1 Å². The average Bonchev–Trinajstić information content (AvgIpc) is 3.19. The van der Waals surface area contributed by atoms with Gasteiger partial charge in [-0.25, -0.2) is 9.78 Å². The third kappa shape index (κ3) is 7.42. The number of hydrogen-bond donors (Lipinski definition) is 1. The first kappa shape index (κ1) is 29.8. The van der Waals surface area contributed by atoms with Crippen LogP contribution >= 0.6 is 0 Å². The minimum Gasteiger partial charge on any atom is -0.492 e. The number of halogens is 3. The van der Waals surface area contributed by atoms with Gasteiger partial charge in [0.25, 0.3) is 0 Å². The third-order valence-electron chi connectivity index (χ3n) is 7.56. The standard InChI is InChI=1S/C35H32F3N3O2/c1-3-27-21-26(12-7-9-23(27)2)22-43-30-14-8-13-29(35(36,37)38)31(30)33-39-32(40-34(42)41-33)28-19-17-25(18-20-28)16-15-24-10-5-4-6-11-24/h4-7,9-13,17,19,21,27H,3,8,14,18,20,22H2,1-2H3,(H,39,40,41,42). The summed E-state index contributed by atoms with van der Waals surface area (Å²) in [7, 11) is 0. The molecule has 3 aliphatic rings. The maximum Gasteiger partial charge on any atom is 0.416 e. The van der Waals surface area contributed by atoms with E-state index in [4.69, 9.17) is 4.74 Å². The summed E-state index contributed by atoms with van der Waals surface area (Å²) in [4.78, 5) is 23.6. The second-order valence-corrected chi connectivity index (χ2v) is 10.6. The third-order valence-corrected chi connectivity index (χ3v) is 7.56. The lowest BCUT2D eigenvalue weighted by Gasteiger charge is -2.24. The van der Waals surface area contributed by atoms with E-state index in [1.807, 2.05) is 54.6 Å². The van der Waals surface area contributed by atoms with E-state index in [9.17, 15) is 18.0 Å². The monoisotopic (exact) mass is 583 g/mol. The summed E-state index contributed by atoms with van der Waals surface area (Å²) in [6, 6.07) is 9.61. The van der Waals surface area contributed by atoms with Gasteiger partial charge in [0.15, 0.2) is 5.82 Å². The number of H-pyrrole nitrogens is 1. The Labute approximate surface area is 249 Å². The Balaban J connectivity index is 1.47. The number of allylic oxidation sites excluding steroid dienone is 12. The van der Waals surface area contributed by atoms with Gasteiger partial charge in [0, 0.05) is 17.6 Å². The lowest BCUT2D eigenvalue weighted by Crippen LogP contribution is -2.23. The number of aromatic nitrogens is 3. The van der Waals surface area contributed by atoms with Crippen LogP contribution in [0.5, 0.6) is 0 Å². The van der Waals surface area contributed by atoms with E-state index in [1.165, 1.54) is 5.57 Å².